The minimum absolute atomic E-state index is 0.784. The van der Waals surface area contributed by atoms with Gasteiger partial charge in [-0.15, -0.1) is 0 Å². The van der Waals surface area contributed by atoms with Crippen molar-refractivity contribution >= 4 is 11.6 Å². The van der Waals surface area contributed by atoms with Gasteiger partial charge in [-0.05, 0) is 17.7 Å². The van der Waals surface area contributed by atoms with Gasteiger partial charge in [0.25, 0.3) is 0 Å². The van der Waals surface area contributed by atoms with Crippen LogP contribution in [0.15, 0.2) is 61.7 Å². The van der Waals surface area contributed by atoms with Gasteiger partial charge < -0.3 is 9.13 Å². The fourth-order valence-electron chi connectivity index (χ4n) is 2.52. The molecule has 2 heterocycles. The van der Waals surface area contributed by atoms with Crippen LogP contribution in [0.2, 0.25) is 5.02 Å². The van der Waals surface area contributed by atoms with Gasteiger partial charge in [0.1, 0.15) is 0 Å². The molecule has 0 fully saturated rings. The zero-order valence-electron chi connectivity index (χ0n) is 12.9. The van der Waals surface area contributed by atoms with Gasteiger partial charge >= 0.3 is 0 Å². The standard InChI is InChI=1S/C17H20ClN5/c18-17-3-1-2-16(12-17)13-21(8-10-22-6-4-19-14-22)9-11-23-7-5-20-15-23/h1-7,12,14-15H,8-11,13H2. The summed E-state index contributed by atoms with van der Waals surface area (Å²) in [6.07, 6.45) is 11.3. The molecule has 0 amide bonds. The number of hydrogen-bond acceptors (Lipinski definition) is 3. The molecule has 5 nitrogen and oxygen atoms in total. The summed E-state index contributed by atoms with van der Waals surface area (Å²) in [5, 5.41) is 0.784. The molecule has 0 aliphatic rings. The van der Waals surface area contributed by atoms with Crippen LogP contribution in [0.4, 0.5) is 0 Å². The van der Waals surface area contributed by atoms with Gasteiger partial charge in [-0.25, -0.2) is 9.97 Å². The van der Waals surface area contributed by atoms with Gasteiger partial charge in [0.2, 0.25) is 0 Å². The summed E-state index contributed by atoms with van der Waals surface area (Å²) in [6, 6.07) is 8.06. The van der Waals surface area contributed by atoms with Crippen molar-refractivity contribution in [2.24, 2.45) is 0 Å². The molecule has 1 aromatic carbocycles. The van der Waals surface area contributed by atoms with Gasteiger partial charge in [-0.3, -0.25) is 4.90 Å². The van der Waals surface area contributed by atoms with Gasteiger partial charge in [-0.2, -0.15) is 0 Å². The maximum atomic E-state index is 6.10. The molecule has 0 saturated carbocycles. The molecule has 0 N–H and O–H groups in total. The second kappa shape index (κ2) is 7.94. The SMILES string of the molecule is Clc1cccc(CN(CCn2ccnc2)CCn2ccnc2)c1. The van der Waals surface area contributed by atoms with Crippen LogP contribution in [0.5, 0.6) is 0 Å². The Hall–Kier alpha value is -2.11. The summed E-state index contributed by atoms with van der Waals surface area (Å²) < 4.78 is 4.20. The van der Waals surface area contributed by atoms with Gasteiger partial charge in [0.05, 0.1) is 12.7 Å². The van der Waals surface area contributed by atoms with E-state index in [1.807, 2.05) is 55.6 Å². The van der Waals surface area contributed by atoms with Crippen LogP contribution in [0.3, 0.4) is 0 Å². The van der Waals surface area contributed by atoms with Crippen LogP contribution in [-0.4, -0.2) is 37.1 Å². The van der Waals surface area contributed by atoms with E-state index in [9.17, 15) is 0 Å². The highest BCUT2D eigenvalue weighted by Gasteiger charge is 2.07. The minimum Gasteiger partial charge on any atom is -0.336 e. The first-order valence-corrected chi connectivity index (χ1v) is 8.06. The molecule has 0 radical (unpaired) electrons. The smallest absolute Gasteiger partial charge is 0.0946 e. The van der Waals surface area contributed by atoms with Crippen molar-refractivity contribution in [2.45, 2.75) is 19.6 Å². The quantitative estimate of drug-likeness (QED) is 0.638. The number of imidazole rings is 2. The molecule has 0 spiro atoms. The Labute approximate surface area is 141 Å². The van der Waals surface area contributed by atoms with Crippen molar-refractivity contribution in [3.8, 4) is 0 Å². The third-order valence-electron chi connectivity index (χ3n) is 3.76. The molecular weight excluding hydrogens is 310 g/mol. The van der Waals surface area contributed by atoms with Gasteiger partial charge in [-0.1, -0.05) is 23.7 Å². The Balaban J connectivity index is 1.61. The van der Waals surface area contributed by atoms with Crippen molar-refractivity contribution in [1.82, 2.24) is 24.0 Å². The van der Waals surface area contributed by atoms with Crippen molar-refractivity contribution < 1.29 is 0 Å². The first kappa shape index (κ1) is 15.8. The molecule has 0 aliphatic heterocycles. The molecule has 23 heavy (non-hydrogen) atoms. The molecule has 0 saturated heterocycles. The Kier molecular flexibility index (Phi) is 5.45. The third kappa shape index (κ3) is 4.94. The molecule has 3 aromatic rings. The molecule has 0 unspecified atom stereocenters. The van der Waals surface area contributed by atoms with Crippen molar-refractivity contribution in [3.05, 3.63) is 72.3 Å². The summed E-state index contributed by atoms with van der Waals surface area (Å²) in [5.41, 5.74) is 1.23. The van der Waals surface area contributed by atoms with Crippen LogP contribution >= 0.6 is 11.6 Å². The summed E-state index contributed by atoms with van der Waals surface area (Å²) >= 11 is 6.10. The van der Waals surface area contributed by atoms with E-state index in [2.05, 4.69) is 30.1 Å². The van der Waals surface area contributed by atoms with Crippen LogP contribution in [-0.2, 0) is 19.6 Å². The lowest BCUT2D eigenvalue weighted by Crippen LogP contribution is -2.30. The summed E-state index contributed by atoms with van der Waals surface area (Å²) in [5.74, 6) is 0. The minimum atomic E-state index is 0.784. The lowest BCUT2D eigenvalue weighted by Gasteiger charge is -2.23. The molecular formula is C17H20ClN5. The van der Waals surface area contributed by atoms with Crippen molar-refractivity contribution in [3.63, 3.8) is 0 Å². The van der Waals surface area contributed by atoms with Crippen LogP contribution < -0.4 is 0 Å². The Morgan fingerprint density at radius 1 is 0.957 bits per heavy atom. The monoisotopic (exact) mass is 329 g/mol. The highest BCUT2D eigenvalue weighted by Crippen LogP contribution is 2.13. The molecule has 0 aliphatic carbocycles. The van der Waals surface area contributed by atoms with Crippen molar-refractivity contribution in [1.29, 1.82) is 0 Å². The highest BCUT2D eigenvalue weighted by atomic mass is 35.5. The molecule has 2 aromatic heterocycles. The van der Waals surface area contributed by atoms with Gasteiger partial charge in [0.15, 0.2) is 0 Å². The third-order valence-corrected chi connectivity index (χ3v) is 4.00. The topological polar surface area (TPSA) is 38.9 Å². The fraction of sp³-hybridized carbons (Fsp3) is 0.294. The zero-order chi connectivity index (χ0) is 15.9. The Morgan fingerprint density at radius 3 is 2.13 bits per heavy atom. The van der Waals surface area contributed by atoms with E-state index in [4.69, 9.17) is 11.6 Å². The summed E-state index contributed by atoms with van der Waals surface area (Å²) in [4.78, 5) is 10.6. The number of halogens is 1. The number of aromatic nitrogens is 4. The number of hydrogen-bond donors (Lipinski definition) is 0. The largest absolute Gasteiger partial charge is 0.336 e. The number of rotatable bonds is 8. The summed E-state index contributed by atoms with van der Waals surface area (Å²) in [7, 11) is 0. The highest BCUT2D eigenvalue weighted by molar-refractivity contribution is 6.30. The predicted molar refractivity (Wildman–Crippen MR) is 91.2 cm³/mol. The fourth-order valence-corrected chi connectivity index (χ4v) is 2.73. The average Bonchev–Trinajstić information content (AvgIpc) is 3.23. The summed E-state index contributed by atoms with van der Waals surface area (Å²) in [6.45, 7) is 4.63. The molecule has 3 rings (SSSR count). The van der Waals surface area contributed by atoms with E-state index in [0.29, 0.717) is 0 Å². The predicted octanol–water partition coefficient (Wildman–Crippen LogP) is 2.94. The van der Waals surface area contributed by atoms with E-state index in [1.54, 1.807) is 0 Å². The van der Waals surface area contributed by atoms with Crippen LogP contribution in [0.25, 0.3) is 0 Å². The number of benzene rings is 1. The first-order chi connectivity index (χ1) is 11.3. The molecule has 120 valence electrons. The maximum Gasteiger partial charge on any atom is 0.0946 e. The van der Waals surface area contributed by atoms with E-state index in [1.165, 1.54) is 5.56 Å². The van der Waals surface area contributed by atoms with Crippen molar-refractivity contribution in [2.75, 3.05) is 13.1 Å². The lowest BCUT2D eigenvalue weighted by molar-refractivity contribution is 0.244. The van der Waals surface area contributed by atoms with E-state index in [-0.39, 0.29) is 0 Å². The molecule has 0 atom stereocenters. The second-order valence-corrected chi connectivity index (χ2v) is 5.94. The maximum absolute atomic E-state index is 6.10. The van der Waals surface area contributed by atoms with E-state index >= 15 is 0 Å². The Morgan fingerprint density at radius 2 is 1.61 bits per heavy atom. The van der Waals surface area contributed by atoms with E-state index < -0.39 is 0 Å². The van der Waals surface area contributed by atoms with Gasteiger partial charge in [0, 0.05) is 62.5 Å². The van der Waals surface area contributed by atoms with E-state index in [0.717, 1.165) is 37.7 Å². The average molecular weight is 330 g/mol. The first-order valence-electron chi connectivity index (χ1n) is 7.68. The normalized spacial score (nSPS) is 11.2. The van der Waals surface area contributed by atoms with Crippen LogP contribution in [0, 0.1) is 0 Å². The zero-order valence-corrected chi connectivity index (χ0v) is 13.7. The number of nitrogens with zero attached hydrogens (tertiary/aromatic N) is 5. The Bertz CT molecular complexity index is 655. The second-order valence-electron chi connectivity index (χ2n) is 5.51. The lowest BCUT2D eigenvalue weighted by atomic mass is 10.2. The van der Waals surface area contributed by atoms with Crippen LogP contribution in [0.1, 0.15) is 5.56 Å². The molecule has 6 heteroatoms. The molecule has 0 bridgehead atoms.